The second kappa shape index (κ2) is 6.74. The van der Waals surface area contributed by atoms with E-state index in [1.165, 1.54) is 0 Å². The Morgan fingerprint density at radius 1 is 1.19 bits per heavy atom. The molecule has 2 rings (SSSR count). The number of carboxylic acids is 1. The van der Waals surface area contributed by atoms with Crippen LogP contribution in [0.5, 0.6) is 0 Å². The highest BCUT2D eigenvalue weighted by Crippen LogP contribution is 2.30. The number of carbonyl (C=O) groups is 2. The topological polar surface area (TPSA) is 66.4 Å². The van der Waals surface area contributed by atoms with Gasteiger partial charge in [-0.1, -0.05) is 25.1 Å². The van der Waals surface area contributed by atoms with Crippen molar-refractivity contribution < 1.29 is 14.7 Å². The van der Waals surface area contributed by atoms with Crippen molar-refractivity contribution in [2.24, 2.45) is 11.8 Å². The summed E-state index contributed by atoms with van der Waals surface area (Å²) < 4.78 is 0. The molecule has 0 aromatic heterocycles. The number of aryl methyl sites for hydroxylation is 2. The molecular formula is C17H23NO3. The molecule has 21 heavy (non-hydrogen) atoms. The third-order valence-electron chi connectivity index (χ3n) is 4.44. The van der Waals surface area contributed by atoms with Crippen molar-refractivity contribution in [2.75, 3.05) is 5.32 Å². The molecule has 0 bridgehead atoms. The number of benzene rings is 1. The zero-order valence-corrected chi connectivity index (χ0v) is 12.7. The molecule has 0 unspecified atom stereocenters. The van der Waals surface area contributed by atoms with Gasteiger partial charge in [0.05, 0.1) is 5.92 Å². The van der Waals surface area contributed by atoms with Crippen LogP contribution in [0.3, 0.4) is 0 Å². The summed E-state index contributed by atoms with van der Waals surface area (Å²) in [7, 11) is 0. The smallest absolute Gasteiger partial charge is 0.306 e. The molecular weight excluding hydrogens is 266 g/mol. The third-order valence-corrected chi connectivity index (χ3v) is 4.44. The molecule has 1 aromatic rings. The van der Waals surface area contributed by atoms with Crippen molar-refractivity contribution in [1.29, 1.82) is 0 Å². The molecule has 1 fully saturated rings. The summed E-state index contributed by atoms with van der Waals surface area (Å²) in [6, 6.07) is 6.03. The van der Waals surface area contributed by atoms with Gasteiger partial charge in [-0.25, -0.2) is 0 Å². The van der Waals surface area contributed by atoms with Crippen LogP contribution in [0.2, 0.25) is 0 Å². The molecule has 0 saturated heterocycles. The maximum Gasteiger partial charge on any atom is 0.306 e. The molecule has 1 amide bonds. The van der Waals surface area contributed by atoms with Crippen LogP contribution in [0.25, 0.3) is 0 Å². The van der Waals surface area contributed by atoms with Gasteiger partial charge in [-0.05, 0) is 50.2 Å². The van der Waals surface area contributed by atoms with Crippen molar-refractivity contribution >= 4 is 17.6 Å². The lowest BCUT2D eigenvalue weighted by atomic mass is 9.81. The molecule has 4 nitrogen and oxygen atoms in total. The zero-order valence-electron chi connectivity index (χ0n) is 12.7. The van der Waals surface area contributed by atoms with Crippen molar-refractivity contribution in [3.05, 3.63) is 29.3 Å². The Morgan fingerprint density at radius 2 is 1.81 bits per heavy atom. The van der Waals surface area contributed by atoms with E-state index < -0.39 is 5.97 Å². The summed E-state index contributed by atoms with van der Waals surface area (Å²) in [5.74, 6) is -1.05. The number of anilines is 1. The third kappa shape index (κ3) is 3.63. The molecule has 0 heterocycles. The van der Waals surface area contributed by atoms with Crippen LogP contribution in [-0.4, -0.2) is 17.0 Å². The molecule has 114 valence electrons. The molecule has 1 aliphatic rings. The fourth-order valence-electron chi connectivity index (χ4n) is 3.03. The number of aliphatic carboxylic acids is 1. The fourth-order valence-corrected chi connectivity index (χ4v) is 3.03. The Hall–Kier alpha value is -1.84. The quantitative estimate of drug-likeness (QED) is 0.893. The first-order valence-electron chi connectivity index (χ1n) is 7.65. The van der Waals surface area contributed by atoms with Gasteiger partial charge in [-0.2, -0.15) is 0 Å². The minimum absolute atomic E-state index is 0.0304. The maximum atomic E-state index is 12.4. The first-order chi connectivity index (χ1) is 10.0. The summed E-state index contributed by atoms with van der Waals surface area (Å²) in [4.78, 5) is 23.4. The summed E-state index contributed by atoms with van der Waals surface area (Å²) in [5, 5.41) is 12.1. The number of para-hydroxylation sites is 1. The molecule has 1 aromatic carbocycles. The SMILES string of the molecule is CCc1cccc(C)c1NC(=O)C1CCC(C(=O)O)CC1. The van der Waals surface area contributed by atoms with Gasteiger partial charge in [0, 0.05) is 11.6 Å². The Bertz CT molecular complexity index is 531. The van der Waals surface area contributed by atoms with E-state index in [-0.39, 0.29) is 17.7 Å². The zero-order chi connectivity index (χ0) is 15.4. The number of hydrogen-bond acceptors (Lipinski definition) is 2. The van der Waals surface area contributed by atoms with E-state index in [0.717, 1.165) is 23.2 Å². The predicted molar refractivity (Wildman–Crippen MR) is 82.3 cm³/mol. The van der Waals surface area contributed by atoms with Gasteiger partial charge in [0.15, 0.2) is 0 Å². The monoisotopic (exact) mass is 289 g/mol. The lowest BCUT2D eigenvalue weighted by Crippen LogP contribution is -2.30. The molecule has 0 radical (unpaired) electrons. The van der Waals surface area contributed by atoms with Gasteiger partial charge in [-0.3, -0.25) is 9.59 Å². The minimum atomic E-state index is -0.735. The molecule has 1 aliphatic carbocycles. The highest BCUT2D eigenvalue weighted by Gasteiger charge is 2.30. The van der Waals surface area contributed by atoms with E-state index in [4.69, 9.17) is 5.11 Å². The number of amides is 1. The molecule has 0 spiro atoms. The molecule has 4 heteroatoms. The van der Waals surface area contributed by atoms with Gasteiger partial charge in [-0.15, -0.1) is 0 Å². The van der Waals surface area contributed by atoms with Crippen LogP contribution in [0.4, 0.5) is 5.69 Å². The van der Waals surface area contributed by atoms with Gasteiger partial charge < -0.3 is 10.4 Å². The van der Waals surface area contributed by atoms with E-state index in [1.54, 1.807) is 0 Å². The summed E-state index contributed by atoms with van der Waals surface area (Å²) >= 11 is 0. The number of carbonyl (C=O) groups excluding carboxylic acids is 1. The van der Waals surface area contributed by atoms with E-state index in [9.17, 15) is 9.59 Å². The van der Waals surface area contributed by atoms with Crippen molar-refractivity contribution in [3.8, 4) is 0 Å². The van der Waals surface area contributed by atoms with Crippen LogP contribution in [-0.2, 0) is 16.0 Å². The second-order valence-corrected chi connectivity index (χ2v) is 5.84. The number of hydrogen-bond donors (Lipinski definition) is 2. The number of nitrogens with one attached hydrogen (secondary N) is 1. The summed E-state index contributed by atoms with van der Waals surface area (Å²) in [6.45, 7) is 4.07. The first kappa shape index (κ1) is 15.5. The fraction of sp³-hybridized carbons (Fsp3) is 0.529. The van der Waals surface area contributed by atoms with Crippen LogP contribution in [0, 0.1) is 18.8 Å². The largest absolute Gasteiger partial charge is 0.481 e. The summed E-state index contributed by atoms with van der Waals surface area (Å²) in [6.07, 6.45) is 3.40. The molecule has 2 N–H and O–H groups in total. The van der Waals surface area contributed by atoms with E-state index in [1.807, 2.05) is 25.1 Å². The standard InChI is InChI=1S/C17H23NO3/c1-3-12-6-4-5-11(2)15(12)18-16(19)13-7-9-14(10-8-13)17(20)21/h4-6,13-14H,3,7-10H2,1-2H3,(H,18,19)(H,20,21). The van der Waals surface area contributed by atoms with Gasteiger partial charge in [0.25, 0.3) is 0 Å². The van der Waals surface area contributed by atoms with Gasteiger partial charge in [0.2, 0.25) is 5.91 Å². The van der Waals surface area contributed by atoms with Crippen molar-refractivity contribution in [1.82, 2.24) is 0 Å². The van der Waals surface area contributed by atoms with Crippen molar-refractivity contribution in [2.45, 2.75) is 46.0 Å². The van der Waals surface area contributed by atoms with E-state index in [0.29, 0.717) is 25.7 Å². The second-order valence-electron chi connectivity index (χ2n) is 5.84. The highest BCUT2D eigenvalue weighted by molar-refractivity contribution is 5.94. The van der Waals surface area contributed by atoms with Crippen molar-refractivity contribution in [3.63, 3.8) is 0 Å². The highest BCUT2D eigenvalue weighted by atomic mass is 16.4. The van der Waals surface area contributed by atoms with Crippen LogP contribution in [0.1, 0.15) is 43.7 Å². The minimum Gasteiger partial charge on any atom is -0.481 e. The first-order valence-corrected chi connectivity index (χ1v) is 7.65. The molecule has 0 aliphatic heterocycles. The van der Waals surface area contributed by atoms with Crippen LogP contribution in [0.15, 0.2) is 18.2 Å². The van der Waals surface area contributed by atoms with Gasteiger partial charge in [0.1, 0.15) is 0 Å². The molecule has 0 atom stereocenters. The lowest BCUT2D eigenvalue weighted by Gasteiger charge is -2.26. The average Bonchev–Trinajstić information content (AvgIpc) is 2.49. The summed E-state index contributed by atoms with van der Waals surface area (Å²) in [5.41, 5.74) is 3.13. The normalized spacial score (nSPS) is 21.8. The maximum absolute atomic E-state index is 12.4. The molecule has 1 saturated carbocycles. The number of rotatable bonds is 4. The predicted octanol–water partition coefficient (Wildman–Crippen LogP) is 3.39. The lowest BCUT2D eigenvalue weighted by molar-refractivity contribution is -0.143. The van der Waals surface area contributed by atoms with Crippen LogP contribution < -0.4 is 5.32 Å². The number of carboxylic acid groups (broad SMARTS) is 1. The van der Waals surface area contributed by atoms with E-state index in [2.05, 4.69) is 12.2 Å². The average molecular weight is 289 g/mol. The Balaban J connectivity index is 2.01. The Morgan fingerprint density at radius 3 is 2.38 bits per heavy atom. The van der Waals surface area contributed by atoms with Crippen LogP contribution >= 0.6 is 0 Å². The van der Waals surface area contributed by atoms with E-state index >= 15 is 0 Å². The Labute approximate surface area is 125 Å². The van der Waals surface area contributed by atoms with Gasteiger partial charge >= 0.3 is 5.97 Å². The Kier molecular flexibility index (Phi) is 4.99.